The molecule has 0 heterocycles. The Balaban J connectivity index is 2.45. The maximum absolute atomic E-state index is 5.16. The Morgan fingerprint density at radius 1 is 1.24 bits per heavy atom. The first-order valence-electron chi connectivity index (χ1n) is 7.29. The zero-order valence-electron chi connectivity index (χ0n) is 12.3. The molecule has 0 aliphatic heterocycles. The summed E-state index contributed by atoms with van der Waals surface area (Å²) in [6.07, 6.45) is 5.27. The van der Waals surface area contributed by atoms with E-state index < -0.39 is 0 Å². The third-order valence-corrected chi connectivity index (χ3v) is 4.28. The number of hydrogen-bond donors (Lipinski definition) is 1. The van der Waals surface area contributed by atoms with Gasteiger partial charge in [-0.25, -0.2) is 0 Å². The van der Waals surface area contributed by atoms with Gasteiger partial charge in [-0.1, -0.05) is 27.2 Å². The lowest BCUT2D eigenvalue weighted by atomic mass is 9.74. The van der Waals surface area contributed by atoms with Gasteiger partial charge >= 0.3 is 0 Å². The van der Waals surface area contributed by atoms with Gasteiger partial charge in [-0.05, 0) is 43.9 Å². The maximum Gasteiger partial charge on any atom is 0.0476 e. The molecule has 1 rings (SSSR count). The maximum atomic E-state index is 5.16. The Morgan fingerprint density at radius 2 is 1.94 bits per heavy atom. The van der Waals surface area contributed by atoms with Crippen LogP contribution in [-0.4, -0.2) is 25.8 Å². The van der Waals surface area contributed by atoms with Crippen LogP contribution in [0, 0.1) is 17.8 Å². The predicted molar refractivity (Wildman–Crippen MR) is 74.2 cm³/mol. The number of methoxy groups -OCH3 is 1. The largest absolute Gasteiger partial charge is 0.385 e. The second-order valence-corrected chi connectivity index (χ2v) is 6.28. The molecule has 1 aliphatic carbocycles. The molecule has 1 aliphatic rings. The van der Waals surface area contributed by atoms with E-state index in [-0.39, 0.29) is 0 Å². The van der Waals surface area contributed by atoms with E-state index in [9.17, 15) is 0 Å². The molecule has 1 fully saturated rings. The molecule has 0 bridgehead atoms. The summed E-state index contributed by atoms with van der Waals surface area (Å²) in [5, 5.41) is 3.84. The van der Waals surface area contributed by atoms with E-state index in [0.717, 1.165) is 30.8 Å². The minimum absolute atomic E-state index is 0.575. The van der Waals surface area contributed by atoms with Crippen LogP contribution in [0.3, 0.4) is 0 Å². The van der Waals surface area contributed by atoms with Crippen LogP contribution >= 0.6 is 0 Å². The summed E-state index contributed by atoms with van der Waals surface area (Å²) < 4.78 is 5.16. The first kappa shape index (κ1) is 15.0. The van der Waals surface area contributed by atoms with E-state index in [1.54, 1.807) is 7.11 Å². The zero-order chi connectivity index (χ0) is 12.8. The summed E-state index contributed by atoms with van der Waals surface area (Å²) in [6, 6.07) is 1.29. The summed E-state index contributed by atoms with van der Waals surface area (Å²) >= 11 is 0. The van der Waals surface area contributed by atoms with Crippen molar-refractivity contribution in [3.05, 3.63) is 0 Å². The van der Waals surface area contributed by atoms with Crippen LogP contribution in [0.15, 0.2) is 0 Å². The molecule has 0 spiro atoms. The normalized spacial score (nSPS) is 31.8. The molecule has 1 N–H and O–H groups in total. The minimum atomic E-state index is 0.575. The lowest BCUT2D eigenvalue weighted by Crippen LogP contribution is -2.46. The van der Waals surface area contributed by atoms with Gasteiger partial charge in [0.1, 0.15) is 0 Å². The van der Waals surface area contributed by atoms with Crippen molar-refractivity contribution in [1.82, 2.24) is 5.32 Å². The highest BCUT2D eigenvalue weighted by Crippen LogP contribution is 2.33. The molecule has 2 heteroatoms. The summed E-state index contributed by atoms with van der Waals surface area (Å²) in [5.74, 6) is 2.54. The standard InChI is InChI=1S/C15H31NO/c1-11(2)14-7-6-12(3)10-15(14)16-13(4)8-9-17-5/h11-16H,6-10H2,1-5H3. The van der Waals surface area contributed by atoms with Crippen molar-refractivity contribution in [3.8, 4) is 0 Å². The van der Waals surface area contributed by atoms with Crippen molar-refractivity contribution in [1.29, 1.82) is 0 Å². The van der Waals surface area contributed by atoms with Crippen LogP contribution in [0.1, 0.15) is 53.4 Å². The zero-order valence-corrected chi connectivity index (χ0v) is 12.3. The van der Waals surface area contributed by atoms with Crippen molar-refractivity contribution in [3.63, 3.8) is 0 Å². The number of rotatable bonds is 6. The molecule has 4 unspecified atom stereocenters. The predicted octanol–water partition coefficient (Wildman–Crippen LogP) is 3.46. The van der Waals surface area contributed by atoms with Crippen LogP contribution < -0.4 is 5.32 Å². The van der Waals surface area contributed by atoms with Gasteiger partial charge < -0.3 is 10.1 Å². The topological polar surface area (TPSA) is 21.3 Å². The third kappa shape index (κ3) is 4.97. The van der Waals surface area contributed by atoms with E-state index in [4.69, 9.17) is 4.74 Å². The van der Waals surface area contributed by atoms with Gasteiger partial charge in [-0.2, -0.15) is 0 Å². The average Bonchev–Trinajstić information content (AvgIpc) is 2.26. The van der Waals surface area contributed by atoms with Crippen molar-refractivity contribution in [2.24, 2.45) is 17.8 Å². The number of nitrogens with one attached hydrogen (secondary N) is 1. The third-order valence-electron chi connectivity index (χ3n) is 4.28. The first-order chi connectivity index (χ1) is 8.04. The number of hydrogen-bond acceptors (Lipinski definition) is 2. The smallest absolute Gasteiger partial charge is 0.0476 e. The fourth-order valence-electron chi connectivity index (χ4n) is 3.14. The Labute approximate surface area is 108 Å². The van der Waals surface area contributed by atoms with Crippen LogP contribution in [0.2, 0.25) is 0 Å². The molecule has 0 aromatic heterocycles. The quantitative estimate of drug-likeness (QED) is 0.769. The van der Waals surface area contributed by atoms with Crippen molar-refractivity contribution in [2.45, 2.75) is 65.5 Å². The first-order valence-corrected chi connectivity index (χ1v) is 7.29. The lowest BCUT2D eigenvalue weighted by molar-refractivity contribution is 0.144. The summed E-state index contributed by atoms with van der Waals surface area (Å²) in [7, 11) is 1.78. The Kier molecular flexibility index (Phi) is 6.50. The van der Waals surface area contributed by atoms with Gasteiger partial charge in [0.15, 0.2) is 0 Å². The molecule has 17 heavy (non-hydrogen) atoms. The molecule has 0 aromatic rings. The van der Waals surface area contributed by atoms with Crippen molar-refractivity contribution >= 4 is 0 Å². The monoisotopic (exact) mass is 241 g/mol. The van der Waals surface area contributed by atoms with Crippen LogP contribution in [0.25, 0.3) is 0 Å². The second kappa shape index (κ2) is 7.38. The highest BCUT2D eigenvalue weighted by Gasteiger charge is 2.30. The Morgan fingerprint density at radius 3 is 2.53 bits per heavy atom. The molecule has 0 aromatic carbocycles. The Bertz CT molecular complexity index is 205. The van der Waals surface area contributed by atoms with Crippen LogP contribution in [0.5, 0.6) is 0 Å². The van der Waals surface area contributed by atoms with E-state index >= 15 is 0 Å². The number of ether oxygens (including phenoxy) is 1. The van der Waals surface area contributed by atoms with Gasteiger partial charge in [0.2, 0.25) is 0 Å². The molecule has 2 nitrogen and oxygen atoms in total. The average molecular weight is 241 g/mol. The van der Waals surface area contributed by atoms with Gasteiger partial charge in [0.05, 0.1) is 0 Å². The highest BCUT2D eigenvalue weighted by atomic mass is 16.5. The van der Waals surface area contributed by atoms with Crippen LogP contribution in [-0.2, 0) is 4.74 Å². The molecule has 102 valence electrons. The SMILES string of the molecule is COCCC(C)NC1CC(C)CCC1C(C)C. The molecule has 0 saturated heterocycles. The fourth-order valence-corrected chi connectivity index (χ4v) is 3.14. The van der Waals surface area contributed by atoms with E-state index in [1.807, 2.05) is 0 Å². The molecule has 1 saturated carbocycles. The van der Waals surface area contributed by atoms with Crippen molar-refractivity contribution < 1.29 is 4.74 Å². The summed E-state index contributed by atoms with van der Waals surface area (Å²) in [5.41, 5.74) is 0. The van der Waals surface area contributed by atoms with Gasteiger partial charge in [-0.3, -0.25) is 0 Å². The van der Waals surface area contributed by atoms with E-state index in [1.165, 1.54) is 19.3 Å². The molecule has 4 atom stereocenters. The van der Waals surface area contributed by atoms with Gasteiger partial charge in [-0.15, -0.1) is 0 Å². The second-order valence-electron chi connectivity index (χ2n) is 6.28. The van der Waals surface area contributed by atoms with E-state index in [0.29, 0.717) is 12.1 Å². The molecular formula is C15H31NO. The van der Waals surface area contributed by atoms with Gasteiger partial charge in [0, 0.05) is 25.8 Å². The van der Waals surface area contributed by atoms with E-state index in [2.05, 4.69) is 33.0 Å². The lowest BCUT2D eigenvalue weighted by Gasteiger charge is -2.39. The molecule has 0 radical (unpaired) electrons. The van der Waals surface area contributed by atoms with Crippen LogP contribution in [0.4, 0.5) is 0 Å². The Hall–Kier alpha value is -0.0800. The minimum Gasteiger partial charge on any atom is -0.385 e. The van der Waals surface area contributed by atoms with Gasteiger partial charge in [0.25, 0.3) is 0 Å². The molecular weight excluding hydrogens is 210 g/mol. The van der Waals surface area contributed by atoms with Crippen molar-refractivity contribution in [2.75, 3.05) is 13.7 Å². The summed E-state index contributed by atoms with van der Waals surface area (Å²) in [6.45, 7) is 10.3. The molecule has 0 amide bonds. The summed E-state index contributed by atoms with van der Waals surface area (Å²) in [4.78, 5) is 0. The fraction of sp³-hybridized carbons (Fsp3) is 1.00. The highest BCUT2D eigenvalue weighted by molar-refractivity contribution is 4.86.